The summed E-state index contributed by atoms with van der Waals surface area (Å²) in [5.74, 6) is -0.330. The zero-order valence-electron chi connectivity index (χ0n) is 30.3. The highest BCUT2D eigenvalue weighted by Crippen LogP contribution is 2.68. The quantitative estimate of drug-likeness (QED) is 0.182. The zero-order chi connectivity index (χ0) is 36.6. The predicted molar refractivity (Wildman–Crippen MR) is 201 cm³/mol. The topological polar surface area (TPSA) is 146 Å². The predicted octanol–water partition coefficient (Wildman–Crippen LogP) is 5.42. The highest BCUT2D eigenvalue weighted by molar-refractivity contribution is 7.89. The molecule has 2 aromatic heterocycles. The smallest absolute Gasteiger partial charge is 0.224 e. The minimum Gasteiger partial charge on any atom is -0.618 e. The molecule has 2 heterocycles. The van der Waals surface area contributed by atoms with Crippen molar-refractivity contribution in [2.45, 2.75) is 114 Å². The molecule has 0 unspecified atom stereocenters. The van der Waals surface area contributed by atoms with Crippen LogP contribution in [0.3, 0.4) is 0 Å². The molecule has 0 amide bonds. The van der Waals surface area contributed by atoms with Gasteiger partial charge in [-0.05, 0) is 85.5 Å². The van der Waals surface area contributed by atoms with Crippen molar-refractivity contribution < 1.29 is 26.3 Å². The summed E-state index contributed by atoms with van der Waals surface area (Å²) in [6.45, 7) is 8.36. The number of pyridine rings is 2. The lowest BCUT2D eigenvalue weighted by Crippen LogP contribution is -2.58. The number of sulfonamides is 2. The van der Waals surface area contributed by atoms with Gasteiger partial charge in [0.15, 0.2) is 0 Å². The highest BCUT2D eigenvalue weighted by Gasteiger charge is 2.69. The van der Waals surface area contributed by atoms with Crippen LogP contribution in [0.1, 0.15) is 113 Å². The Hall–Kier alpha value is -3.32. The molecule has 2 aromatic carbocycles. The Morgan fingerprint density at radius 2 is 1.02 bits per heavy atom. The van der Waals surface area contributed by atoms with Gasteiger partial charge >= 0.3 is 0 Å². The summed E-state index contributed by atoms with van der Waals surface area (Å²) in [5.41, 5.74) is 1.40. The molecule has 12 heteroatoms. The first-order valence-electron chi connectivity index (χ1n) is 18.8. The fourth-order valence-corrected chi connectivity index (χ4v) is 16.3. The average molecular weight is 745 g/mol. The molecule has 52 heavy (non-hydrogen) atoms. The van der Waals surface area contributed by atoms with E-state index in [1.807, 2.05) is 36.4 Å². The van der Waals surface area contributed by atoms with E-state index < -0.39 is 53.8 Å². The third kappa shape index (κ3) is 4.59. The van der Waals surface area contributed by atoms with Gasteiger partial charge < -0.3 is 10.4 Å². The lowest BCUT2D eigenvalue weighted by molar-refractivity contribution is -0.591. The Balaban J connectivity index is 1.00. The molecule has 6 atom stereocenters. The molecule has 9 rings (SSSR count). The summed E-state index contributed by atoms with van der Waals surface area (Å²) in [6.07, 6.45) is 5.35. The molecule has 4 bridgehead atoms. The van der Waals surface area contributed by atoms with Crippen molar-refractivity contribution in [3.05, 3.63) is 93.6 Å². The van der Waals surface area contributed by atoms with Gasteiger partial charge in [0.25, 0.3) is 0 Å². The molecule has 3 saturated carbocycles. The zero-order valence-corrected chi connectivity index (χ0v) is 31.9. The maximum absolute atomic E-state index is 14.3. The van der Waals surface area contributed by atoms with Crippen LogP contribution in [0, 0.1) is 21.2 Å². The van der Waals surface area contributed by atoms with Crippen molar-refractivity contribution in [3.8, 4) is 0 Å². The van der Waals surface area contributed by atoms with Gasteiger partial charge in [-0.3, -0.25) is 0 Å². The van der Waals surface area contributed by atoms with Gasteiger partial charge in [-0.1, -0.05) is 64.8 Å². The molecule has 4 aromatic rings. The number of hydrogen-bond donors (Lipinski definition) is 2. The van der Waals surface area contributed by atoms with Crippen LogP contribution in [0.4, 0.5) is 0 Å². The normalized spacial score (nSPS) is 31.3. The molecule has 2 N–H and O–H groups in total. The van der Waals surface area contributed by atoms with Gasteiger partial charge in [-0.25, -0.2) is 26.3 Å². The van der Waals surface area contributed by atoms with Crippen LogP contribution >= 0.6 is 0 Å². The van der Waals surface area contributed by atoms with Crippen LogP contribution in [-0.2, 0) is 30.9 Å². The number of fused-ring (bicyclic) bond motifs is 12. The Kier molecular flexibility index (Phi) is 7.36. The monoisotopic (exact) mass is 744 g/mol. The number of nitrogens with zero attached hydrogens (tertiary/aromatic N) is 2. The summed E-state index contributed by atoms with van der Waals surface area (Å²) >= 11 is 0. The van der Waals surface area contributed by atoms with Gasteiger partial charge in [-0.2, -0.15) is 9.46 Å². The molecule has 0 saturated heterocycles. The standard InChI is InChI=1S/C40H48N4O6S2/c1-37(2)29-17-19-39(37,35-27(29)21-25-11-5-9-15-33(25)43(35)45)23-51(47,48)41-31-13-7-8-14-32(31)42-52(49,50)24-40-20-18-30(38(40,3)4)28-22-26-12-6-10-16-34(26)44(46)36(28)40/h5-6,9-12,15-16,21-22,29-32,41-42H,7-8,13-14,17-20,23-24H2,1-4H3/t29-,30-,31-,32+,39-,40-/m1/s1. The van der Waals surface area contributed by atoms with Gasteiger partial charge in [0.1, 0.15) is 0 Å². The molecule has 5 aliphatic carbocycles. The maximum atomic E-state index is 14.3. The second kappa shape index (κ2) is 11.1. The minimum atomic E-state index is -3.98. The fourth-order valence-electron chi connectivity index (χ4n) is 12.0. The molecule has 0 spiro atoms. The summed E-state index contributed by atoms with van der Waals surface area (Å²) in [6, 6.07) is 17.8. The highest BCUT2D eigenvalue weighted by atomic mass is 32.2. The van der Waals surface area contributed by atoms with Crippen LogP contribution in [-0.4, -0.2) is 40.4 Å². The van der Waals surface area contributed by atoms with E-state index in [9.17, 15) is 27.3 Å². The second-order valence-corrected chi connectivity index (χ2v) is 21.2. The SMILES string of the molecule is CC1(C)[C@@H]2CC[C@@]1(CS(=O)(=O)N[C@H]1CCCC[C@H]1NS(=O)(=O)C[C@]13CC[C@H](c4cc5ccccc5[n+]([O-])c41)C3(C)C)c1c2cc2ccccc2[n+]1[O-]. The Morgan fingerprint density at radius 3 is 1.42 bits per heavy atom. The van der Waals surface area contributed by atoms with Crippen molar-refractivity contribution in [3.63, 3.8) is 0 Å². The van der Waals surface area contributed by atoms with E-state index in [1.54, 1.807) is 12.1 Å². The van der Waals surface area contributed by atoms with Crippen LogP contribution in [0.5, 0.6) is 0 Å². The lowest BCUT2D eigenvalue weighted by atomic mass is 9.69. The summed E-state index contributed by atoms with van der Waals surface area (Å²) in [7, 11) is -7.96. The van der Waals surface area contributed by atoms with E-state index in [-0.39, 0.29) is 23.3 Å². The lowest BCUT2D eigenvalue weighted by Gasteiger charge is -2.39. The van der Waals surface area contributed by atoms with Crippen molar-refractivity contribution >= 4 is 41.9 Å². The summed E-state index contributed by atoms with van der Waals surface area (Å²) in [4.78, 5) is 0. The van der Waals surface area contributed by atoms with E-state index in [2.05, 4.69) is 49.3 Å². The first kappa shape index (κ1) is 34.4. The van der Waals surface area contributed by atoms with Crippen molar-refractivity contribution in [2.24, 2.45) is 10.8 Å². The third-order valence-corrected chi connectivity index (χ3v) is 17.8. The largest absolute Gasteiger partial charge is 0.618 e. The first-order chi connectivity index (χ1) is 24.5. The number of benzene rings is 2. The van der Waals surface area contributed by atoms with E-state index in [1.165, 1.54) is 0 Å². The summed E-state index contributed by atoms with van der Waals surface area (Å²) < 4.78 is 65.2. The first-order valence-corrected chi connectivity index (χ1v) is 22.1. The van der Waals surface area contributed by atoms with Crippen LogP contribution in [0.25, 0.3) is 21.8 Å². The van der Waals surface area contributed by atoms with Crippen molar-refractivity contribution in [1.82, 2.24) is 9.44 Å². The number of para-hydroxylation sites is 2. The van der Waals surface area contributed by atoms with Gasteiger partial charge in [0, 0.05) is 46.1 Å². The van der Waals surface area contributed by atoms with Crippen LogP contribution in [0.15, 0.2) is 60.7 Å². The van der Waals surface area contributed by atoms with Crippen LogP contribution < -0.4 is 18.9 Å². The van der Waals surface area contributed by atoms with Gasteiger partial charge in [0.2, 0.25) is 42.5 Å². The molecule has 0 radical (unpaired) electrons. The fraction of sp³-hybridized carbons (Fsp3) is 0.550. The maximum Gasteiger partial charge on any atom is 0.224 e. The number of hydrogen-bond acceptors (Lipinski definition) is 6. The van der Waals surface area contributed by atoms with Crippen molar-refractivity contribution in [1.29, 1.82) is 0 Å². The Morgan fingerprint density at radius 1 is 0.635 bits per heavy atom. The molecular weight excluding hydrogens is 697 g/mol. The number of aromatic nitrogens is 2. The third-order valence-electron chi connectivity index (χ3n) is 14.8. The molecular formula is C40H48N4O6S2. The van der Waals surface area contributed by atoms with E-state index in [0.717, 1.165) is 57.0 Å². The number of nitrogens with one attached hydrogen (secondary N) is 2. The molecule has 5 aliphatic rings. The Labute approximate surface area is 306 Å². The Bertz CT molecular complexity index is 2230. The molecule has 276 valence electrons. The van der Waals surface area contributed by atoms with Crippen LogP contribution in [0.2, 0.25) is 0 Å². The minimum absolute atomic E-state index is 0.0714. The van der Waals surface area contributed by atoms with Crippen molar-refractivity contribution in [2.75, 3.05) is 11.5 Å². The average Bonchev–Trinajstić information content (AvgIpc) is 3.61. The molecule has 3 fully saturated rings. The van der Waals surface area contributed by atoms with Gasteiger partial charge in [0.05, 0.1) is 22.3 Å². The second-order valence-electron chi connectivity index (χ2n) is 17.6. The van der Waals surface area contributed by atoms with E-state index in [4.69, 9.17) is 0 Å². The molecule has 10 nitrogen and oxygen atoms in total. The summed E-state index contributed by atoms with van der Waals surface area (Å²) in [5, 5.41) is 29.7. The molecule has 0 aliphatic heterocycles. The van der Waals surface area contributed by atoms with E-state index >= 15 is 0 Å². The van der Waals surface area contributed by atoms with Gasteiger partial charge in [-0.15, -0.1) is 0 Å². The van der Waals surface area contributed by atoms with E-state index in [0.29, 0.717) is 48.1 Å². The number of rotatable bonds is 8.